The van der Waals surface area contributed by atoms with Crippen LogP contribution in [0.3, 0.4) is 0 Å². The van der Waals surface area contributed by atoms with Crippen molar-refractivity contribution in [3.63, 3.8) is 0 Å². The highest BCUT2D eigenvalue weighted by atomic mass is 16.5. The average molecular weight is 392 g/mol. The molecule has 150 valence electrons. The average Bonchev–Trinajstić information content (AvgIpc) is 2.74. The van der Waals surface area contributed by atoms with Gasteiger partial charge in [-0.05, 0) is 42.7 Å². The molecule has 0 bridgehead atoms. The number of carbonyl (C=O) groups excluding carboxylic acids is 1. The van der Waals surface area contributed by atoms with E-state index >= 15 is 0 Å². The maximum Gasteiger partial charge on any atom is 0.220 e. The fourth-order valence-corrected chi connectivity index (χ4v) is 2.76. The first kappa shape index (κ1) is 20.2. The monoisotopic (exact) mass is 392 g/mol. The third-order valence-electron chi connectivity index (χ3n) is 4.26. The number of hydrogen-bond acceptors (Lipinski definition) is 5. The Kier molecular flexibility index (Phi) is 7.05. The molecule has 1 aromatic heterocycles. The molecule has 0 saturated carbocycles. The number of aromatic hydroxyl groups is 1. The van der Waals surface area contributed by atoms with Gasteiger partial charge < -0.3 is 19.9 Å². The molecule has 2 aromatic carbocycles. The van der Waals surface area contributed by atoms with Crippen molar-refractivity contribution in [1.82, 2.24) is 10.3 Å². The van der Waals surface area contributed by atoms with E-state index in [1.54, 1.807) is 24.4 Å². The number of phenols is 1. The smallest absolute Gasteiger partial charge is 0.220 e. The summed E-state index contributed by atoms with van der Waals surface area (Å²) in [5.41, 5.74) is 1.63. The Hall–Kier alpha value is -3.54. The predicted octanol–water partition coefficient (Wildman–Crippen LogP) is 4.23. The molecule has 0 unspecified atom stereocenters. The minimum Gasteiger partial charge on any atom is -0.508 e. The quantitative estimate of drug-likeness (QED) is 0.570. The van der Waals surface area contributed by atoms with Crippen molar-refractivity contribution in [2.45, 2.75) is 26.3 Å². The molecule has 0 saturated heterocycles. The van der Waals surface area contributed by atoms with Crippen molar-refractivity contribution in [2.24, 2.45) is 0 Å². The van der Waals surface area contributed by atoms with Crippen LogP contribution in [-0.4, -0.2) is 22.6 Å². The molecule has 1 amide bonds. The maximum atomic E-state index is 12.1. The van der Waals surface area contributed by atoms with Crippen molar-refractivity contribution in [3.8, 4) is 23.1 Å². The number of hydrogen-bond donors (Lipinski definition) is 2. The maximum absolute atomic E-state index is 12.1. The molecular weight excluding hydrogens is 368 g/mol. The highest BCUT2D eigenvalue weighted by molar-refractivity contribution is 5.76. The Morgan fingerprint density at radius 3 is 2.52 bits per heavy atom. The van der Waals surface area contributed by atoms with Gasteiger partial charge in [-0.3, -0.25) is 4.79 Å². The summed E-state index contributed by atoms with van der Waals surface area (Å²) >= 11 is 0. The van der Waals surface area contributed by atoms with E-state index in [1.165, 1.54) is 0 Å². The second kappa shape index (κ2) is 10.1. The molecule has 0 aliphatic rings. The lowest BCUT2D eigenvalue weighted by Gasteiger charge is -2.11. The Morgan fingerprint density at radius 2 is 1.79 bits per heavy atom. The van der Waals surface area contributed by atoms with Gasteiger partial charge in [0.15, 0.2) is 11.5 Å². The van der Waals surface area contributed by atoms with Gasteiger partial charge in [0.1, 0.15) is 5.75 Å². The standard InChI is InChI=1S/C23H24N2O4/c1-2-28-20-9-5-6-10-21(20)29-23-14-11-17(16-25-23)15-24-22(27)13-12-18-7-3-4-8-19(18)26/h3-11,14,16,26H,2,12-13,15H2,1H3,(H,24,27). The second-order valence-electron chi connectivity index (χ2n) is 6.39. The van der Waals surface area contributed by atoms with E-state index in [-0.39, 0.29) is 11.7 Å². The van der Waals surface area contributed by atoms with Crippen molar-refractivity contribution in [2.75, 3.05) is 6.61 Å². The van der Waals surface area contributed by atoms with E-state index in [9.17, 15) is 9.90 Å². The van der Waals surface area contributed by atoms with Crippen LogP contribution in [0.4, 0.5) is 0 Å². The van der Waals surface area contributed by atoms with Crippen LogP contribution in [0.25, 0.3) is 0 Å². The molecule has 0 fully saturated rings. The first-order valence-electron chi connectivity index (χ1n) is 9.54. The van der Waals surface area contributed by atoms with E-state index in [0.29, 0.717) is 43.4 Å². The highest BCUT2D eigenvalue weighted by Gasteiger charge is 2.08. The van der Waals surface area contributed by atoms with Gasteiger partial charge in [-0.2, -0.15) is 0 Å². The molecular formula is C23H24N2O4. The van der Waals surface area contributed by atoms with Crippen LogP contribution in [0.15, 0.2) is 66.9 Å². The van der Waals surface area contributed by atoms with Crippen LogP contribution >= 0.6 is 0 Å². The van der Waals surface area contributed by atoms with Gasteiger partial charge >= 0.3 is 0 Å². The summed E-state index contributed by atoms with van der Waals surface area (Å²) in [7, 11) is 0. The summed E-state index contributed by atoms with van der Waals surface area (Å²) in [6.45, 7) is 2.85. The number of carbonyl (C=O) groups is 1. The predicted molar refractivity (Wildman–Crippen MR) is 110 cm³/mol. The number of ether oxygens (including phenoxy) is 2. The number of para-hydroxylation sites is 3. The van der Waals surface area contributed by atoms with Gasteiger partial charge in [-0.1, -0.05) is 36.4 Å². The van der Waals surface area contributed by atoms with Crippen molar-refractivity contribution in [1.29, 1.82) is 0 Å². The number of benzene rings is 2. The Balaban J connectivity index is 1.49. The van der Waals surface area contributed by atoms with Gasteiger partial charge in [0.2, 0.25) is 11.8 Å². The van der Waals surface area contributed by atoms with Crippen molar-refractivity contribution in [3.05, 3.63) is 78.0 Å². The number of phenolic OH excluding ortho intramolecular Hbond substituents is 1. The first-order valence-corrected chi connectivity index (χ1v) is 9.54. The van der Waals surface area contributed by atoms with Gasteiger partial charge in [-0.25, -0.2) is 4.98 Å². The Morgan fingerprint density at radius 1 is 1.03 bits per heavy atom. The van der Waals surface area contributed by atoms with Gasteiger partial charge in [0, 0.05) is 25.2 Å². The third kappa shape index (κ3) is 5.97. The number of aryl methyl sites for hydroxylation is 1. The zero-order chi connectivity index (χ0) is 20.5. The minimum absolute atomic E-state index is 0.0841. The van der Waals surface area contributed by atoms with Crippen LogP contribution < -0.4 is 14.8 Å². The van der Waals surface area contributed by atoms with Crippen LogP contribution in [-0.2, 0) is 17.8 Å². The minimum atomic E-state index is -0.0841. The van der Waals surface area contributed by atoms with Crippen molar-refractivity contribution < 1.29 is 19.4 Å². The molecule has 6 nitrogen and oxygen atoms in total. The normalized spacial score (nSPS) is 10.4. The number of amides is 1. The van der Waals surface area contributed by atoms with Crippen LogP contribution in [0.2, 0.25) is 0 Å². The Bertz CT molecular complexity index is 942. The largest absolute Gasteiger partial charge is 0.508 e. The molecule has 6 heteroatoms. The molecule has 0 aliphatic heterocycles. The van der Waals surface area contributed by atoms with Gasteiger partial charge in [0.05, 0.1) is 6.61 Å². The summed E-state index contributed by atoms with van der Waals surface area (Å²) in [5, 5.41) is 12.6. The third-order valence-corrected chi connectivity index (χ3v) is 4.26. The van der Waals surface area contributed by atoms with Crippen LogP contribution in [0.1, 0.15) is 24.5 Å². The van der Waals surface area contributed by atoms with Crippen molar-refractivity contribution >= 4 is 5.91 Å². The van der Waals surface area contributed by atoms with E-state index in [0.717, 1.165) is 11.1 Å². The molecule has 0 aliphatic carbocycles. The molecule has 29 heavy (non-hydrogen) atoms. The topological polar surface area (TPSA) is 80.7 Å². The lowest BCUT2D eigenvalue weighted by Crippen LogP contribution is -2.23. The van der Waals surface area contributed by atoms with Gasteiger partial charge in [0.25, 0.3) is 0 Å². The van der Waals surface area contributed by atoms with E-state index in [1.807, 2.05) is 49.4 Å². The summed E-state index contributed by atoms with van der Waals surface area (Å²) in [6.07, 6.45) is 2.46. The molecule has 3 aromatic rings. The van der Waals surface area contributed by atoms with E-state index in [4.69, 9.17) is 9.47 Å². The lowest BCUT2D eigenvalue weighted by molar-refractivity contribution is -0.121. The zero-order valence-electron chi connectivity index (χ0n) is 16.3. The van der Waals surface area contributed by atoms with E-state index < -0.39 is 0 Å². The molecule has 1 heterocycles. The number of aromatic nitrogens is 1. The molecule has 2 N–H and O–H groups in total. The number of rotatable bonds is 9. The van der Waals surface area contributed by atoms with Crippen LogP contribution in [0, 0.1) is 0 Å². The first-order chi connectivity index (χ1) is 14.2. The summed E-state index contributed by atoms with van der Waals surface area (Å²) in [4.78, 5) is 16.4. The fraction of sp³-hybridized carbons (Fsp3) is 0.217. The Labute approximate surface area is 170 Å². The molecule has 3 rings (SSSR count). The summed E-state index contributed by atoms with van der Waals surface area (Å²) in [5.74, 6) is 1.85. The lowest BCUT2D eigenvalue weighted by atomic mass is 10.1. The number of pyridine rings is 1. The van der Waals surface area contributed by atoms with Gasteiger partial charge in [-0.15, -0.1) is 0 Å². The summed E-state index contributed by atoms with van der Waals surface area (Å²) in [6, 6.07) is 18.1. The second-order valence-corrected chi connectivity index (χ2v) is 6.39. The number of nitrogens with zero attached hydrogens (tertiary/aromatic N) is 1. The zero-order valence-corrected chi connectivity index (χ0v) is 16.3. The molecule has 0 spiro atoms. The summed E-state index contributed by atoms with van der Waals surface area (Å²) < 4.78 is 11.3. The highest BCUT2D eigenvalue weighted by Crippen LogP contribution is 2.30. The number of nitrogens with one attached hydrogen (secondary N) is 1. The molecule has 0 radical (unpaired) electrons. The molecule has 0 atom stereocenters. The van der Waals surface area contributed by atoms with Crippen LogP contribution in [0.5, 0.6) is 23.1 Å². The SMILES string of the molecule is CCOc1ccccc1Oc1ccc(CNC(=O)CCc2ccccc2O)cn1. The van der Waals surface area contributed by atoms with E-state index in [2.05, 4.69) is 10.3 Å². The fourth-order valence-electron chi connectivity index (χ4n) is 2.76.